The van der Waals surface area contributed by atoms with Gasteiger partial charge in [-0.1, -0.05) is 30.3 Å². The lowest BCUT2D eigenvalue weighted by atomic mass is 10.2. The molecule has 2 aromatic rings. The number of imidazole rings is 1. The summed E-state index contributed by atoms with van der Waals surface area (Å²) in [5, 5.41) is 11.6. The van der Waals surface area contributed by atoms with Gasteiger partial charge in [-0.25, -0.2) is 23.9 Å². The van der Waals surface area contributed by atoms with Crippen molar-refractivity contribution in [1.82, 2.24) is 14.9 Å². The molecule has 1 aromatic heterocycles. The van der Waals surface area contributed by atoms with Crippen LogP contribution >= 0.6 is 0 Å². The Kier molecular flexibility index (Phi) is 6.75. The number of hydrogen-bond acceptors (Lipinski definition) is 6. The van der Waals surface area contributed by atoms with Crippen molar-refractivity contribution in [3.63, 3.8) is 0 Å². The number of amides is 1. The van der Waals surface area contributed by atoms with Crippen LogP contribution in [0.5, 0.6) is 0 Å². The molecule has 150 valence electrons. The highest BCUT2D eigenvalue weighted by Gasteiger charge is 2.24. The normalized spacial score (nSPS) is 12.1. The van der Waals surface area contributed by atoms with Crippen molar-refractivity contribution in [2.75, 3.05) is 0 Å². The summed E-state index contributed by atoms with van der Waals surface area (Å²) < 4.78 is 11.4. The lowest BCUT2D eigenvalue weighted by Gasteiger charge is -2.19. The van der Waals surface area contributed by atoms with E-state index in [1.54, 1.807) is 45.0 Å². The number of alkyl carbamates (subject to hydrolysis) is 1. The molecule has 0 bridgehead atoms. The predicted molar refractivity (Wildman–Crippen MR) is 98.7 cm³/mol. The van der Waals surface area contributed by atoms with Crippen LogP contribution in [0.2, 0.25) is 0 Å². The van der Waals surface area contributed by atoms with Gasteiger partial charge in [0.05, 0.1) is 5.69 Å². The molecule has 0 aliphatic heterocycles. The molecule has 0 fully saturated rings. The van der Waals surface area contributed by atoms with E-state index in [4.69, 9.17) is 9.47 Å². The fourth-order valence-electron chi connectivity index (χ4n) is 2.20. The van der Waals surface area contributed by atoms with Gasteiger partial charge in [0.25, 0.3) is 0 Å². The van der Waals surface area contributed by atoms with E-state index >= 15 is 0 Å². The first kappa shape index (κ1) is 20.9. The number of carbonyl (C=O) groups is 3. The van der Waals surface area contributed by atoms with Crippen LogP contribution in [0.15, 0.2) is 42.9 Å². The zero-order valence-electron chi connectivity index (χ0n) is 15.9. The molecule has 1 amide bonds. The lowest BCUT2D eigenvalue weighted by molar-refractivity contribution is -0.139. The number of ether oxygens (including phenoxy) is 2. The minimum atomic E-state index is -1.26. The molecule has 0 aliphatic rings. The van der Waals surface area contributed by atoms with Crippen LogP contribution in [0.4, 0.5) is 9.59 Å². The van der Waals surface area contributed by atoms with Gasteiger partial charge in [0.1, 0.15) is 24.6 Å². The predicted octanol–water partition coefficient (Wildman–Crippen LogP) is 2.59. The van der Waals surface area contributed by atoms with E-state index in [9.17, 15) is 19.5 Å². The van der Waals surface area contributed by atoms with Crippen LogP contribution in [-0.2, 0) is 27.3 Å². The second kappa shape index (κ2) is 9.03. The average Bonchev–Trinajstić information content (AvgIpc) is 3.07. The van der Waals surface area contributed by atoms with Crippen LogP contribution < -0.4 is 5.32 Å². The van der Waals surface area contributed by atoms with Crippen LogP contribution in [0, 0.1) is 0 Å². The Morgan fingerprint density at radius 2 is 1.89 bits per heavy atom. The molecule has 2 N–H and O–H groups in total. The molecule has 28 heavy (non-hydrogen) atoms. The van der Waals surface area contributed by atoms with E-state index in [1.807, 2.05) is 6.07 Å². The summed E-state index contributed by atoms with van der Waals surface area (Å²) in [6.45, 7) is 5.21. The Morgan fingerprint density at radius 3 is 2.50 bits per heavy atom. The summed E-state index contributed by atoms with van der Waals surface area (Å²) >= 11 is 0. The summed E-state index contributed by atoms with van der Waals surface area (Å²) in [5.74, 6) is -1.25. The maximum atomic E-state index is 12.0. The molecule has 0 saturated carbocycles. The third-order valence-corrected chi connectivity index (χ3v) is 3.46. The third kappa shape index (κ3) is 6.75. The maximum absolute atomic E-state index is 12.0. The number of rotatable bonds is 6. The van der Waals surface area contributed by atoms with Crippen molar-refractivity contribution < 1.29 is 29.0 Å². The SMILES string of the molecule is CC(C)(C)OC(=O)n1cnc(CC(NC(=O)OCc2ccccc2)C(=O)O)c1. The first-order valence-electron chi connectivity index (χ1n) is 8.60. The molecule has 9 heteroatoms. The Bertz CT molecular complexity index is 826. The topological polar surface area (TPSA) is 120 Å². The van der Waals surface area contributed by atoms with E-state index in [-0.39, 0.29) is 13.0 Å². The van der Waals surface area contributed by atoms with E-state index in [1.165, 1.54) is 12.5 Å². The highest BCUT2D eigenvalue weighted by molar-refractivity contribution is 5.80. The molecule has 0 saturated heterocycles. The van der Waals surface area contributed by atoms with Crippen molar-refractivity contribution in [3.05, 3.63) is 54.1 Å². The number of nitrogens with one attached hydrogen (secondary N) is 1. The van der Waals surface area contributed by atoms with Gasteiger partial charge in [0.2, 0.25) is 0 Å². The number of nitrogens with zero attached hydrogens (tertiary/aromatic N) is 2. The highest BCUT2D eigenvalue weighted by Crippen LogP contribution is 2.10. The molecule has 1 atom stereocenters. The van der Waals surface area contributed by atoms with E-state index in [0.717, 1.165) is 10.1 Å². The van der Waals surface area contributed by atoms with Gasteiger partial charge in [0, 0.05) is 12.6 Å². The number of carboxylic acids is 1. The number of aromatic nitrogens is 2. The molecule has 2 rings (SSSR count). The number of aliphatic carboxylic acids is 1. The molecule has 9 nitrogen and oxygen atoms in total. The second-order valence-corrected chi connectivity index (χ2v) is 7.05. The zero-order valence-corrected chi connectivity index (χ0v) is 15.9. The Hall–Kier alpha value is -3.36. The molecule has 0 aliphatic carbocycles. The summed E-state index contributed by atoms with van der Waals surface area (Å²) in [6, 6.07) is 7.75. The Morgan fingerprint density at radius 1 is 1.21 bits per heavy atom. The molecular formula is C19H23N3O6. The molecule has 1 unspecified atom stereocenters. The van der Waals surface area contributed by atoms with Gasteiger partial charge >= 0.3 is 18.2 Å². The smallest absolute Gasteiger partial charge is 0.419 e. The Balaban J connectivity index is 1.93. The third-order valence-electron chi connectivity index (χ3n) is 3.46. The number of hydrogen-bond donors (Lipinski definition) is 2. The van der Waals surface area contributed by atoms with E-state index in [2.05, 4.69) is 10.3 Å². The van der Waals surface area contributed by atoms with Crippen molar-refractivity contribution in [2.24, 2.45) is 0 Å². The van der Waals surface area contributed by atoms with Crippen LogP contribution in [0.1, 0.15) is 32.0 Å². The first-order chi connectivity index (χ1) is 13.1. The van der Waals surface area contributed by atoms with Crippen molar-refractivity contribution in [2.45, 2.75) is 45.4 Å². The van der Waals surface area contributed by atoms with Gasteiger partial charge < -0.3 is 19.9 Å². The van der Waals surface area contributed by atoms with Crippen LogP contribution in [0.25, 0.3) is 0 Å². The minimum Gasteiger partial charge on any atom is -0.480 e. The van der Waals surface area contributed by atoms with E-state index < -0.39 is 29.8 Å². The van der Waals surface area contributed by atoms with Gasteiger partial charge in [-0.2, -0.15) is 0 Å². The quantitative estimate of drug-likeness (QED) is 0.779. The molecule has 1 heterocycles. The van der Waals surface area contributed by atoms with Crippen molar-refractivity contribution in [1.29, 1.82) is 0 Å². The molecular weight excluding hydrogens is 366 g/mol. The molecule has 0 radical (unpaired) electrons. The highest BCUT2D eigenvalue weighted by atomic mass is 16.6. The lowest BCUT2D eigenvalue weighted by Crippen LogP contribution is -2.42. The zero-order chi connectivity index (χ0) is 20.7. The molecule has 1 aromatic carbocycles. The number of carbonyl (C=O) groups excluding carboxylic acids is 2. The summed E-state index contributed by atoms with van der Waals surface area (Å²) in [7, 11) is 0. The van der Waals surface area contributed by atoms with Gasteiger partial charge in [0.15, 0.2) is 0 Å². The fraction of sp³-hybridized carbons (Fsp3) is 0.368. The van der Waals surface area contributed by atoms with Crippen LogP contribution in [-0.4, -0.2) is 44.5 Å². The summed E-state index contributed by atoms with van der Waals surface area (Å²) in [5.41, 5.74) is 0.414. The van der Waals surface area contributed by atoms with Gasteiger partial charge in [-0.3, -0.25) is 0 Å². The standard InChI is InChI=1S/C19H23N3O6/c1-19(2,3)28-18(26)22-10-14(20-12-22)9-15(16(23)24)21-17(25)27-11-13-7-5-4-6-8-13/h4-8,10,12,15H,9,11H2,1-3H3,(H,21,25)(H,23,24). The van der Waals surface area contributed by atoms with Crippen molar-refractivity contribution >= 4 is 18.2 Å². The van der Waals surface area contributed by atoms with Gasteiger partial charge in [-0.15, -0.1) is 0 Å². The fourth-order valence-corrected chi connectivity index (χ4v) is 2.20. The maximum Gasteiger partial charge on any atom is 0.419 e. The average molecular weight is 389 g/mol. The summed E-state index contributed by atoms with van der Waals surface area (Å²) in [6.07, 6.45) is 0.985. The minimum absolute atomic E-state index is 0.0201. The number of carboxylic acid groups (broad SMARTS) is 1. The van der Waals surface area contributed by atoms with Crippen molar-refractivity contribution in [3.8, 4) is 0 Å². The molecule has 0 spiro atoms. The first-order valence-corrected chi connectivity index (χ1v) is 8.60. The number of benzene rings is 1. The monoisotopic (exact) mass is 389 g/mol. The second-order valence-electron chi connectivity index (χ2n) is 7.05. The summed E-state index contributed by atoms with van der Waals surface area (Å²) in [4.78, 5) is 39.3. The van der Waals surface area contributed by atoms with Crippen LogP contribution in [0.3, 0.4) is 0 Å². The van der Waals surface area contributed by atoms with Gasteiger partial charge in [-0.05, 0) is 26.3 Å². The Labute approximate surface area is 162 Å². The van der Waals surface area contributed by atoms with E-state index in [0.29, 0.717) is 5.69 Å². The largest absolute Gasteiger partial charge is 0.480 e.